The van der Waals surface area contributed by atoms with Crippen LogP contribution >= 0.6 is 15.9 Å². The van der Waals surface area contributed by atoms with Gasteiger partial charge in [-0.15, -0.1) is 0 Å². The molecular formula is C17H11BrF2. The molecule has 3 heteroatoms. The van der Waals surface area contributed by atoms with Crippen LogP contribution in [-0.2, 0) is 0 Å². The van der Waals surface area contributed by atoms with Gasteiger partial charge in [-0.25, -0.2) is 8.78 Å². The summed E-state index contributed by atoms with van der Waals surface area (Å²) in [5.74, 6) is -1.65. The van der Waals surface area contributed by atoms with Crippen molar-refractivity contribution >= 4 is 26.7 Å². The van der Waals surface area contributed by atoms with E-state index >= 15 is 0 Å². The standard InChI is InChI=1S/C17H11BrF2/c18-17(14-7-8-15(19)16(20)10-14)13-6-5-11-3-1-2-4-12(11)9-13/h1-10,17H. The molecule has 20 heavy (non-hydrogen) atoms. The van der Waals surface area contributed by atoms with Crippen molar-refractivity contribution in [2.45, 2.75) is 4.83 Å². The Morgan fingerprint density at radius 3 is 2.10 bits per heavy atom. The first kappa shape index (κ1) is 13.3. The van der Waals surface area contributed by atoms with E-state index in [9.17, 15) is 8.78 Å². The summed E-state index contributed by atoms with van der Waals surface area (Å²) < 4.78 is 26.3. The number of benzene rings is 3. The summed E-state index contributed by atoms with van der Waals surface area (Å²) in [5, 5.41) is 2.28. The quantitative estimate of drug-likeness (QED) is 0.535. The van der Waals surface area contributed by atoms with E-state index in [1.54, 1.807) is 6.07 Å². The number of rotatable bonds is 2. The van der Waals surface area contributed by atoms with E-state index in [1.165, 1.54) is 6.07 Å². The van der Waals surface area contributed by atoms with Gasteiger partial charge in [0.05, 0.1) is 4.83 Å². The van der Waals surface area contributed by atoms with Crippen LogP contribution in [-0.4, -0.2) is 0 Å². The summed E-state index contributed by atoms with van der Waals surface area (Å²) in [6.45, 7) is 0. The Morgan fingerprint density at radius 2 is 1.35 bits per heavy atom. The molecule has 0 radical (unpaired) electrons. The fourth-order valence-electron chi connectivity index (χ4n) is 2.23. The maximum absolute atomic E-state index is 13.3. The molecule has 0 aliphatic heterocycles. The first-order valence-corrected chi connectivity index (χ1v) is 7.14. The summed E-state index contributed by atoms with van der Waals surface area (Å²) in [7, 11) is 0. The molecule has 0 N–H and O–H groups in total. The molecule has 3 aromatic rings. The van der Waals surface area contributed by atoms with Gasteiger partial charge in [-0.1, -0.05) is 58.4 Å². The molecule has 0 aliphatic carbocycles. The van der Waals surface area contributed by atoms with Gasteiger partial charge in [0.1, 0.15) is 0 Å². The summed E-state index contributed by atoms with van der Waals surface area (Å²) in [6.07, 6.45) is 0. The van der Waals surface area contributed by atoms with E-state index in [4.69, 9.17) is 0 Å². The van der Waals surface area contributed by atoms with Crippen LogP contribution < -0.4 is 0 Å². The largest absolute Gasteiger partial charge is 0.204 e. The van der Waals surface area contributed by atoms with Crippen LogP contribution in [0.3, 0.4) is 0 Å². The zero-order valence-electron chi connectivity index (χ0n) is 10.5. The van der Waals surface area contributed by atoms with E-state index in [0.29, 0.717) is 5.56 Å². The molecular weight excluding hydrogens is 322 g/mol. The second-order valence-electron chi connectivity index (χ2n) is 4.64. The van der Waals surface area contributed by atoms with Crippen molar-refractivity contribution in [2.24, 2.45) is 0 Å². The molecule has 0 nitrogen and oxygen atoms in total. The van der Waals surface area contributed by atoms with Crippen molar-refractivity contribution in [3.05, 3.63) is 83.4 Å². The SMILES string of the molecule is Fc1ccc(C(Br)c2ccc3ccccc3c2)cc1F. The van der Waals surface area contributed by atoms with E-state index in [0.717, 1.165) is 22.4 Å². The van der Waals surface area contributed by atoms with Gasteiger partial charge >= 0.3 is 0 Å². The predicted octanol–water partition coefficient (Wildman–Crippen LogP) is 5.60. The number of halogens is 3. The third-order valence-corrected chi connectivity index (χ3v) is 4.36. The first-order chi connectivity index (χ1) is 9.65. The Labute approximate surface area is 124 Å². The Morgan fingerprint density at radius 1 is 0.700 bits per heavy atom. The molecule has 1 atom stereocenters. The summed E-state index contributed by atoms with van der Waals surface area (Å²) in [6, 6.07) is 18.1. The molecule has 0 amide bonds. The highest BCUT2D eigenvalue weighted by molar-refractivity contribution is 9.09. The van der Waals surface area contributed by atoms with Crippen LogP contribution in [0.5, 0.6) is 0 Å². The molecule has 0 saturated heterocycles. The Kier molecular flexibility index (Phi) is 3.53. The van der Waals surface area contributed by atoms with Crippen LogP contribution in [0.1, 0.15) is 16.0 Å². The molecule has 0 heterocycles. The number of fused-ring (bicyclic) bond motifs is 1. The van der Waals surface area contributed by atoms with E-state index < -0.39 is 11.6 Å². The minimum absolute atomic E-state index is 0.165. The van der Waals surface area contributed by atoms with Gasteiger partial charge in [-0.3, -0.25) is 0 Å². The maximum Gasteiger partial charge on any atom is 0.159 e. The van der Waals surface area contributed by atoms with E-state index in [1.807, 2.05) is 36.4 Å². The highest BCUT2D eigenvalue weighted by Gasteiger charge is 2.13. The van der Waals surface area contributed by atoms with Gasteiger partial charge < -0.3 is 0 Å². The van der Waals surface area contributed by atoms with Gasteiger partial charge in [-0.05, 0) is 40.1 Å². The van der Waals surface area contributed by atoms with Crippen LogP contribution in [0, 0.1) is 11.6 Å². The van der Waals surface area contributed by atoms with Crippen LogP contribution in [0.25, 0.3) is 10.8 Å². The highest BCUT2D eigenvalue weighted by atomic mass is 79.9. The monoisotopic (exact) mass is 332 g/mol. The average molecular weight is 333 g/mol. The number of hydrogen-bond acceptors (Lipinski definition) is 0. The lowest BCUT2D eigenvalue weighted by Crippen LogP contribution is -1.95. The normalized spacial score (nSPS) is 12.6. The van der Waals surface area contributed by atoms with Crippen molar-refractivity contribution in [1.82, 2.24) is 0 Å². The van der Waals surface area contributed by atoms with Crippen molar-refractivity contribution in [3.63, 3.8) is 0 Å². The molecule has 1 unspecified atom stereocenters. The third-order valence-electron chi connectivity index (χ3n) is 3.30. The van der Waals surface area contributed by atoms with Crippen LogP contribution in [0.15, 0.2) is 60.7 Å². The topological polar surface area (TPSA) is 0 Å². The second-order valence-corrected chi connectivity index (χ2v) is 5.56. The predicted molar refractivity (Wildman–Crippen MR) is 81.1 cm³/mol. The number of alkyl halides is 1. The highest BCUT2D eigenvalue weighted by Crippen LogP contribution is 2.33. The fourth-order valence-corrected chi connectivity index (χ4v) is 2.80. The zero-order chi connectivity index (χ0) is 14.1. The lowest BCUT2D eigenvalue weighted by atomic mass is 10.0. The van der Waals surface area contributed by atoms with Gasteiger partial charge in [-0.2, -0.15) is 0 Å². The van der Waals surface area contributed by atoms with Gasteiger partial charge in [0.15, 0.2) is 11.6 Å². The van der Waals surface area contributed by atoms with Crippen LogP contribution in [0.2, 0.25) is 0 Å². The second kappa shape index (κ2) is 5.33. The van der Waals surface area contributed by atoms with Crippen molar-refractivity contribution in [2.75, 3.05) is 0 Å². The molecule has 0 aromatic heterocycles. The molecule has 3 aromatic carbocycles. The molecule has 100 valence electrons. The molecule has 0 fully saturated rings. The number of hydrogen-bond donors (Lipinski definition) is 0. The minimum Gasteiger partial charge on any atom is -0.204 e. The molecule has 0 aliphatic rings. The van der Waals surface area contributed by atoms with E-state index in [-0.39, 0.29) is 4.83 Å². The van der Waals surface area contributed by atoms with Crippen LogP contribution in [0.4, 0.5) is 8.78 Å². The molecule has 3 rings (SSSR count). The minimum atomic E-state index is -0.827. The van der Waals surface area contributed by atoms with E-state index in [2.05, 4.69) is 22.0 Å². The molecule has 0 bridgehead atoms. The first-order valence-electron chi connectivity index (χ1n) is 6.23. The van der Waals surface area contributed by atoms with Crippen molar-refractivity contribution in [1.29, 1.82) is 0 Å². The third kappa shape index (κ3) is 2.46. The summed E-state index contributed by atoms with van der Waals surface area (Å²) >= 11 is 3.55. The average Bonchev–Trinajstić information content (AvgIpc) is 2.49. The molecule has 0 saturated carbocycles. The summed E-state index contributed by atoms with van der Waals surface area (Å²) in [4.78, 5) is -0.165. The Balaban J connectivity index is 2.02. The smallest absolute Gasteiger partial charge is 0.159 e. The van der Waals surface area contributed by atoms with Gasteiger partial charge in [0, 0.05) is 0 Å². The maximum atomic E-state index is 13.3. The lowest BCUT2D eigenvalue weighted by molar-refractivity contribution is 0.507. The Hall–Kier alpha value is -1.74. The van der Waals surface area contributed by atoms with Gasteiger partial charge in [0.2, 0.25) is 0 Å². The zero-order valence-corrected chi connectivity index (χ0v) is 12.1. The summed E-state index contributed by atoms with van der Waals surface area (Å²) in [5.41, 5.74) is 1.70. The lowest BCUT2D eigenvalue weighted by Gasteiger charge is -2.12. The fraction of sp³-hybridized carbons (Fsp3) is 0.0588. The van der Waals surface area contributed by atoms with Gasteiger partial charge in [0.25, 0.3) is 0 Å². The Bertz CT molecular complexity index is 768. The van der Waals surface area contributed by atoms with Crippen molar-refractivity contribution in [3.8, 4) is 0 Å². The van der Waals surface area contributed by atoms with Crippen molar-refractivity contribution < 1.29 is 8.78 Å². The molecule has 0 spiro atoms.